The zero-order chi connectivity index (χ0) is 18.5. The first-order valence-corrected chi connectivity index (χ1v) is 8.67. The van der Waals surface area contributed by atoms with Crippen LogP contribution in [-0.2, 0) is 6.42 Å². The Balaban J connectivity index is 1.63. The Labute approximate surface area is 153 Å². The molecule has 5 heteroatoms. The number of benzene rings is 2. The Hall–Kier alpha value is -2.92. The number of nitrogens with one attached hydrogen (secondary N) is 2. The summed E-state index contributed by atoms with van der Waals surface area (Å²) in [7, 11) is 0. The number of hydrogen-bond acceptors (Lipinski definition) is 3. The first kappa shape index (κ1) is 17.9. The highest BCUT2D eigenvalue weighted by atomic mass is 16.3. The SMILES string of the molecule is Cc1cccc(-c2nc(C(=O)NC[C@@H](O)Cc3ccccc3)c(C)[nH]2)c1. The van der Waals surface area contributed by atoms with E-state index in [2.05, 4.69) is 15.3 Å². The number of rotatable bonds is 6. The lowest BCUT2D eigenvalue weighted by molar-refractivity contribution is 0.0911. The van der Waals surface area contributed by atoms with Gasteiger partial charge in [0.2, 0.25) is 0 Å². The Morgan fingerprint density at radius 3 is 2.65 bits per heavy atom. The van der Waals surface area contributed by atoms with Crippen LogP contribution in [0.5, 0.6) is 0 Å². The van der Waals surface area contributed by atoms with Gasteiger partial charge in [0.1, 0.15) is 11.5 Å². The highest BCUT2D eigenvalue weighted by molar-refractivity contribution is 5.94. The van der Waals surface area contributed by atoms with E-state index in [-0.39, 0.29) is 12.5 Å². The van der Waals surface area contributed by atoms with E-state index >= 15 is 0 Å². The van der Waals surface area contributed by atoms with Crippen molar-refractivity contribution in [3.63, 3.8) is 0 Å². The van der Waals surface area contributed by atoms with Gasteiger partial charge in [-0.3, -0.25) is 4.79 Å². The fourth-order valence-electron chi connectivity index (χ4n) is 2.86. The van der Waals surface area contributed by atoms with E-state index in [4.69, 9.17) is 0 Å². The van der Waals surface area contributed by atoms with Gasteiger partial charge in [0, 0.05) is 24.2 Å². The quantitative estimate of drug-likeness (QED) is 0.640. The van der Waals surface area contributed by atoms with Gasteiger partial charge in [0.15, 0.2) is 0 Å². The molecule has 0 saturated heterocycles. The Bertz CT molecular complexity index is 887. The van der Waals surface area contributed by atoms with Gasteiger partial charge in [-0.25, -0.2) is 4.98 Å². The van der Waals surface area contributed by atoms with Crippen molar-refractivity contribution in [2.45, 2.75) is 26.4 Å². The van der Waals surface area contributed by atoms with E-state index in [1.54, 1.807) is 0 Å². The molecule has 1 heterocycles. The minimum Gasteiger partial charge on any atom is -0.391 e. The fourth-order valence-corrected chi connectivity index (χ4v) is 2.86. The molecule has 1 aromatic heterocycles. The lowest BCUT2D eigenvalue weighted by atomic mass is 10.1. The van der Waals surface area contributed by atoms with Gasteiger partial charge >= 0.3 is 0 Å². The number of nitrogens with zero attached hydrogens (tertiary/aromatic N) is 1. The second kappa shape index (κ2) is 7.97. The number of aromatic amines is 1. The van der Waals surface area contributed by atoms with E-state index in [9.17, 15) is 9.90 Å². The topological polar surface area (TPSA) is 78.0 Å². The van der Waals surface area contributed by atoms with Crippen molar-refractivity contribution in [3.8, 4) is 11.4 Å². The molecule has 26 heavy (non-hydrogen) atoms. The number of aliphatic hydroxyl groups excluding tert-OH is 1. The second-order valence-corrected chi connectivity index (χ2v) is 6.48. The highest BCUT2D eigenvalue weighted by Crippen LogP contribution is 2.19. The van der Waals surface area contributed by atoms with E-state index in [1.165, 1.54) is 0 Å². The van der Waals surface area contributed by atoms with Crippen molar-refractivity contribution in [2.24, 2.45) is 0 Å². The summed E-state index contributed by atoms with van der Waals surface area (Å²) in [6.07, 6.45) is -0.147. The van der Waals surface area contributed by atoms with Crippen LogP contribution < -0.4 is 5.32 Å². The molecule has 3 aromatic rings. The van der Waals surface area contributed by atoms with Crippen LogP contribution in [0.3, 0.4) is 0 Å². The van der Waals surface area contributed by atoms with Gasteiger partial charge < -0.3 is 15.4 Å². The molecule has 0 aliphatic carbocycles. The zero-order valence-electron chi connectivity index (χ0n) is 15.0. The first-order chi connectivity index (χ1) is 12.5. The molecule has 0 saturated carbocycles. The average Bonchev–Trinajstić information content (AvgIpc) is 3.02. The van der Waals surface area contributed by atoms with Crippen molar-refractivity contribution >= 4 is 5.91 Å². The summed E-state index contributed by atoms with van der Waals surface area (Å²) in [4.78, 5) is 20.0. The summed E-state index contributed by atoms with van der Waals surface area (Å²) in [6, 6.07) is 17.7. The molecule has 0 fully saturated rings. The van der Waals surface area contributed by atoms with Gasteiger partial charge in [-0.2, -0.15) is 0 Å². The van der Waals surface area contributed by atoms with E-state index in [1.807, 2.05) is 68.4 Å². The van der Waals surface area contributed by atoms with Crippen LogP contribution in [0, 0.1) is 13.8 Å². The maximum atomic E-state index is 12.4. The third-order valence-corrected chi connectivity index (χ3v) is 4.20. The minimum absolute atomic E-state index is 0.180. The van der Waals surface area contributed by atoms with Crippen molar-refractivity contribution in [1.82, 2.24) is 15.3 Å². The fraction of sp³-hybridized carbons (Fsp3) is 0.238. The maximum absolute atomic E-state index is 12.4. The van der Waals surface area contributed by atoms with E-state index in [0.717, 1.165) is 16.7 Å². The molecule has 0 spiro atoms. The second-order valence-electron chi connectivity index (χ2n) is 6.48. The molecule has 134 valence electrons. The van der Waals surface area contributed by atoms with E-state index < -0.39 is 6.10 Å². The summed E-state index contributed by atoms with van der Waals surface area (Å²) >= 11 is 0. The number of aromatic nitrogens is 2. The average molecular weight is 349 g/mol. The Morgan fingerprint density at radius 1 is 1.15 bits per heavy atom. The molecule has 0 bridgehead atoms. The standard InChI is InChI=1S/C21H23N3O2/c1-14-7-6-10-17(11-14)20-23-15(2)19(24-20)21(26)22-13-18(25)12-16-8-4-3-5-9-16/h3-11,18,25H,12-13H2,1-2H3,(H,22,26)(H,23,24)/t18-/m0/s1. The molecule has 0 unspecified atom stereocenters. The monoisotopic (exact) mass is 349 g/mol. The predicted molar refractivity (Wildman–Crippen MR) is 102 cm³/mol. The highest BCUT2D eigenvalue weighted by Gasteiger charge is 2.17. The van der Waals surface area contributed by atoms with Gasteiger partial charge in [0.05, 0.1) is 6.10 Å². The third-order valence-electron chi connectivity index (χ3n) is 4.20. The molecule has 2 aromatic carbocycles. The van der Waals surface area contributed by atoms with Crippen LogP contribution in [0.1, 0.15) is 27.3 Å². The minimum atomic E-state index is -0.642. The predicted octanol–water partition coefficient (Wildman–Crippen LogP) is 3.03. The zero-order valence-corrected chi connectivity index (χ0v) is 15.0. The number of carbonyl (C=O) groups is 1. The third kappa shape index (κ3) is 4.37. The molecule has 1 atom stereocenters. The number of amides is 1. The summed E-state index contributed by atoms with van der Waals surface area (Å²) in [6.45, 7) is 4.02. The molecular formula is C21H23N3O2. The number of aryl methyl sites for hydroxylation is 2. The van der Waals surface area contributed by atoms with Crippen molar-refractivity contribution in [2.75, 3.05) is 6.54 Å². The smallest absolute Gasteiger partial charge is 0.271 e. The summed E-state index contributed by atoms with van der Waals surface area (Å²) in [5, 5.41) is 12.9. The van der Waals surface area contributed by atoms with E-state index in [0.29, 0.717) is 23.6 Å². The number of hydrogen-bond donors (Lipinski definition) is 3. The summed E-state index contributed by atoms with van der Waals surface area (Å²) in [5.41, 5.74) is 4.17. The first-order valence-electron chi connectivity index (χ1n) is 8.67. The molecule has 0 aliphatic rings. The largest absolute Gasteiger partial charge is 0.391 e. The van der Waals surface area contributed by atoms with Crippen LogP contribution >= 0.6 is 0 Å². The van der Waals surface area contributed by atoms with Crippen LogP contribution in [-0.4, -0.2) is 33.6 Å². The normalized spacial score (nSPS) is 12.0. The summed E-state index contributed by atoms with van der Waals surface area (Å²) in [5.74, 6) is 0.381. The van der Waals surface area contributed by atoms with Gasteiger partial charge in [0.25, 0.3) is 5.91 Å². The van der Waals surface area contributed by atoms with Crippen LogP contribution in [0.15, 0.2) is 54.6 Å². The lowest BCUT2D eigenvalue weighted by Crippen LogP contribution is -2.33. The molecular weight excluding hydrogens is 326 g/mol. The molecule has 0 radical (unpaired) electrons. The van der Waals surface area contributed by atoms with Gasteiger partial charge in [-0.05, 0) is 25.5 Å². The molecule has 1 amide bonds. The number of H-pyrrole nitrogens is 1. The molecule has 3 N–H and O–H groups in total. The number of imidazole rings is 1. The molecule has 0 aliphatic heterocycles. The summed E-state index contributed by atoms with van der Waals surface area (Å²) < 4.78 is 0. The molecule has 3 rings (SSSR count). The van der Waals surface area contributed by atoms with Crippen molar-refractivity contribution in [3.05, 3.63) is 77.1 Å². The van der Waals surface area contributed by atoms with Gasteiger partial charge in [-0.1, -0.05) is 54.1 Å². The van der Waals surface area contributed by atoms with Crippen molar-refractivity contribution in [1.29, 1.82) is 0 Å². The Morgan fingerprint density at radius 2 is 1.92 bits per heavy atom. The van der Waals surface area contributed by atoms with Crippen LogP contribution in [0.2, 0.25) is 0 Å². The molecule has 5 nitrogen and oxygen atoms in total. The van der Waals surface area contributed by atoms with Crippen molar-refractivity contribution < 1.29 is 9.90 Å². The Kier molecular flexibility index (Phi) is 5.49. The number of carbonyl (C=O) groups excluding carboxylic acids is 1. The van der Waals surface area contributed by atoms with Crippen LogP contribution in [0.25, 0.3) is 11.4 Å². The number of aliphatic hydroxyl groups is 1. The maximum Gasteiger partial charge on any atom is 0.271 e. The van der Waals surface area contributed by atoms with Gasteiger partial charge in [-0.15, -0.1) is 0 Å². The lowest BCUT2D eigenvalue weighted by Gasteiger charge is -2.11. The van der Waals surface area contributed by atoms with Crippen LogP contribution in [0.4, 0.5) is 0 Å².